The fourth-order valence-corrected chi connectivity index (χ4v) is 2.94. The molecule has 0 fully saturated rings. The number of fused-ring (bicyclic) bond motifs is 1. The molecule has 0 saturated heterocycles. The third-order valence-electron chi connectivity index (χ3n) is 3.43. The van der Waals surface area contributed by atoms with Crippen molar-refractivity contribution in [3.05, 3.63) is 90.0 Å². The van der Waals surface area contributed by atoms with Gasteiger partial charge in [0.05, 0.1) is 5.04 Å². The molecule has 0 spiro atoms. The zero-order valence-electron chi connectivity index (χ0n) is 12.6. The van der Waals surface area contributed by atoms with Crippen LogP contribution in [0.15, 0.2) is 78.9 Å². The minimum absolute atomic E-state index is 0. The second-order valence-corrected chi connectivity index (χ2v) is 6.10. The molecule has 0 saturated carbocycles. The van der Waals surface area contributed by atoms with Crippen LogP contribution in [0.2, 0.25) is 0 Å². The van der Waals surface area contributed by atoms with Gasteiger partial charge in [-0.05, 0) is 28.0 Å². The van der Waals surface area contributed by atoms with Crippen LogP contribution in [0.1, 0.15) is 11.1 Å². The Hall–Kier alpha value is -1.84. The fourth-order valence-electron chi connectivity index (χ4n) is 2.27. The molecule has 1 nitrogen and oxygen atoms in total. The molecule has 0 aromatic heterocycles. The van der Waals surface area contributed by atoms with Gasteiger partial charge >= 0.3 is 0 Å². The van der Waals surface area contributed by atoms with E-state index in [1.165, 1.54) is 16.3 Å². The van der Waals surface area contributed by atoms with E-state index in [2.05, 4.69) is 42.5 Å². The molecule has 0 bridgehead atoms. The van der Waals surface area contributed by atoms with E-state index in [4.69, 9.17) is 5.41 Å². The Morgan fingerprint density at radius 1 is 0.870 bits per heavy atom. The zero-order valence-corrected chi connectivity index (χ0v) is 15.1. The van der Waals surface area contributed by atoms with Gasteiger partial charge in [0.1, 0.15) is 0 Å². The Labute approximate surface area is 151 Å². The van der Waals surface area contributed by atoms with Crippen LogP contribution < -0.4 is 0 Å². The molecule has 0 radical (unpaired) electrons. The van der Waals surface area contributed by atoms with Gasteiger partial charge in [-0.25, -0.2) is 0 Å². The third kappa shape index (κ3) is 5.08. The van der Waals surface area contributed by atoms with Crippen molar-refractivity contribution in [2.24, 2.45) is 0 Å². The second-order valence-electron chi connectivity index (χ2n) is 5.08. The lowest BCUT2D eigenvalue weighted by atomic mass is 10.1. The fraction of sp³-hybridized carbons (Fsp3) is 0.0500. The number of hydrogen-bond donors (Lipinski definition) is 1. The highest BCUT2D eigenvalue weighted by Gasteiger charge is 1.99. The summed E-state index contributed by atoms with van der Waals surface area (Å²) >= 11 is 1.55. The van der Waals surface area contributed by atoms with Gasteiger partial charge in [0, 0.05) is 5.75 Å². The Morgan fingerprint density at radius 2 is 1.57 bits per heavy atom. The SMILES string of the molecule is Br.N=C(/C=C/c1ccccc1)SCc1ccc2ccccc2c1. The van der Waals surface area contributed by atoms with E-state index in [1.807, 2.05) is 42.5 Å². The summed E-state index contributed by atoms with van der Waals surface area (Å²) in [7, 11) is 0. The van der Waals surface area contributed by atoms with E-state index in [0.29, 0.717) is 5.04 Å². The molecule has 0 aliphatic carbocycles. The third-order valence-corrected chi connectivity index (χ3v) is 4.36. The monoisotopic (exact) mass is 383 g/mol. The minimum Gasteiger partial charge on any atom is -0.294 e. The summed E-state index contributed by atoms with van der Waals surface area (Å²) in [6, 6.07) is 24.9. The topological polar surface area (TPSA) is 23.9 Å². The predicted molar refractivity (Wildman–Crippen MR) is 109 cm³/mol. The van der Waals surface area contributed by atoms with Crippen LogP contribution >= 0.6 is 28.7 Å². The van der Waals surface area contributed by atoms with E-state index in [0.717, 1.165) is 11.3 Å². The van der Waals surface area contributed by atoms with Crippen molar-refractivity contribution >= 4 is 50.6 Å². The Kier molecular flexibility index (Phi) is 6.63. The summed E-state index contributed by atoms with van der Waals surface area (Å²) in [6.07, 6.45) is 3.84. The van der Waals surface area contributed by atoms with Gasteiger partial charge in [-0.2, -0.15) is 0 Å². The first-order valence-electron chi connectivity index (χ1n) is 7.23. The van der Waals surface area contributed by atoms with Crippen LogP contribution in [0, 0.1) is 5.41 Å². The maximum Gasteiger partial charge on any atom is 0.0873 e. The number of nitrogens with one attached hydrogen (secondary N) is 1. The van der Waals surface area contributed by atoms with Crippen molar-refractivity contribution in [3.8, 4) is 0 Å². The average molecular weight is 384 g/mol. The van der Waals surface area contributed by atoms with Gasteiger partial charge in [-0.15, -0.1) is 28.7 Å². The number of hydrogen-bond acceptors (Lipinski definition) is 2. The highest BCUT2D eigenvalue weighted by Crippen LogP contribution is 2.20. The second kappa shape index (κ2) is 8.70. The minimum atomic E-state index is 0. The molecule has 0 atom stereocenters. The summed E-state index contributed by atoms with van der Waals surface area (Å²) in [5.41, 5.74) is 2.38. The van der Waals surface area contributed by atoms with E-state index in [-0.39, 0.29) is 17.0 Å². The van der Waals surface area contributed by atoms with Gasteiger partial charge < -0.3 is 0 Å². The first kappa shape index (κ1) is 17.5. The molecule has 1 N–H and O–H groups in total. The van der Waals surface area contributed by atoms with Gasteiger partial charge in [-0.1, -0.05) is 78.9 Å². The highest BCUT2D eigenvalue weighted by atomic mass is 79.9. The molecule has 3 heteroatoms. The van der Waals surface area contributed by atoms with Crippen LogP contribution in [0.3, 0.4) is 0 Å². The molecule has 3 rings (SSSR count). The summed E-state index contributed by atoms with van der Waals surface area (Å²) in [5, 5.41) is 11.1. The number of thioether (sulfide) groups is 1. The van der Waals surface area contributed by atoms with Gasteiger partial charge in [-0.3, -0.25) is 5.41 Å². The van der Waals surface area contributed by atoms with Crippen LogP contribution in [0.5, 0.6) is 0 Å². The zero-order chi connectivity index (χ0) is 15.2. The first-order chi connectivity index (χ1) is 10.8. The average Bonchev–Trinajstić information content (AvgIpc) is 2.59. The molecule has 0 amide bonds. The van der Waals surface area contributed by atoms with Gasteiger partial charge in [0.2, 0.25) is 0 Å². The lowest BCUT2D eigenvalue weighted by Gasteiger charge is -2.03. The Bertz CT molecular complexity index is 812. The molecule has 0 unspecified atom stereocenters. The van der Waals surface area contributed by atoms with Crippen LogP contribution in [0.4, 0.5) is 0 Å². The Morgan fingerprint density at radius 3 is 2.35 bits per heavy atom. The predicted octanol–water partition coefficient (Wildman–Crippen LogP) is 6.34. The van der Waals surface area contributed by atoms with E-state index in [9.17, 15) is 0 Å². The van der Waals surface area contributed by atoms with Crippen molar-refractivity contribution in [2.75, 3.05) is 0 Å². The first-order valence-corrected chi connectivity index (χ1v) is 8.22. The van der Waals surface area contributed by atoms with Gasteiger partial charge in [0.15, 0.2) is 0 Å². The molecule has 0 aliphatic heterocycles. The normalized spacial score (nSPS) is 10.6. The number of rotatable bonds is 4. The van der Waals surface area contributed by atoms with Crippen molar-refractivity contribution in [3.63, 3.8) is 0 Å². The maximum absolute atomic E-state index is 8.03. The molecule has 116 valence electrons. The van der Waals surface area contributed by atoms with Crippen molar-refractivity contribution in [2.45, 2.75) is 5.75 Å². The van der Waals surface area contributed by atoms with Crippen LogP contribution in [-0.2, 0) is 5.75 Å². The lowest BCUT2D eigenvalue weighted by Crippen LogP contribution is -1.87. The van der Waals surface area contributed by atoms with E-state index in [1.54, 1.807) is 11.8 Å². The van der Waals surface area contributed by atoms with Crippen molar-refractivity contribution in [1.29, 1.82) is 5.41 Å². The summed E-state index contributed by atoms with van der Waals surface area (Å²) in [6.45, 7) is 0. The standard InChI is InChI=1S/C20H17NS.BrH/c21-20(13-11-16-6-2-1-3-7-16)22-15-17-10-12-18-8-4-5-9-19(18)14-17;/h1-14,21H,15H2;1H/b13-11+,21-20?;. The molecule has 3 aromatic carbocycles. The van der Waals surface area contributed by atoms with Crippen LogP contribution in [0.25, 0.3) is 16.8 Å². The molecule has 0 aliphatic rings. The quantitative estimate of drug-likeness (QED) is 0.412. The van der Waals surface area contributed by atoms with E-state index < -0.39 is 0 Å². The summed E-state index contributed by atoms with van der Waals surface area (Å²) in [4.78, 5) is 0. The molecule has 23 heavy (non-hydrogen) atoms. The Balaban J connectivity index is 0.00000192. The van der Waals surface area contributed by atoms with Crippen molar-refractivity contribution < 1.29 is 0 Å². The summed E-state index contributed by atoms with van der Waals surface area (Å²) in [5.74, 6) is 0.822. The van der Waals surface area contributed by atoms with E-state index >= 15 is 0 Å². The molecule has 0 heterocycles. The smallest absolute Gasteiger partial charge is 0.0873 e. The molecule has 3 aromatic rings. The lowest BCUT2D eigenvalue weighted by molar-refractivity contribution is 1.44. The van der Waals surface area contributed by atoms with Gasteiger partial charge in [0.25, 0.3) is 0 Å². The number of benzene rings is 3. The largest absolute Gasteiger partial charge is 0.294 e. The highest BCUT2D eigenvalue weighted by molar-refractivity contribution is 8.93. The molecular weight excluding hydrogens is 366 g/mol. The molecular formula is C20H18BrNS. The summed E-state index contributed by atoms with van der Waals surface area (Å²) < 4.78 is 0. The van der Waals surface area contributed by atoms with Crippen LogP contribution in [-0.4, -0.2) is 5.04 Å². The maximum atomic E-state index is 8.03. The van der Waals surface area contributed by atoms with Crippen molar-refractivity contribution in [1.82, 2.24) is 0 Å². The number of halogens is 1.